The van der Waals surface area contributed by atoms with Gasteiger partial charge in [0.05, 0.1) is 0 Å². The number of amides is 3. The Bertz CT molecular complexity index is 307. The average molecular weight is 259 g/mol. The molecule has 0 aromatic heterocycles. The van der Waals surface area contributed by atoms with E-state index < -0.39 is 18.0 Å². The van der Waals surface area contributed by atoms with Crippen molar-refractivity contribution in [1.29, 1.82) is 0 Å². The number of likely N-dealkylation sites (N-methyl/N-ethyl adjacent to an activating group) is 1. The zero-order chi connectivity index (χ0) is 14.1. The fraction of sp³-hybridized carbons (Fsp3) is 0.727. The summed E-state index contributed by atoms with van der Waals surface area (Å²) in [5, 5.41) is 13.7. The lowest BCUT2D eigenvalue weighted by Crippen LogP contribution is -2.50. The maximum Gasteiger partial charge on any atom is 0.326 e. The average Bonchev–Trinajstić information content (AvgIpc) is 2.34. The van der Waals surface area contributed by atoms with Crippen LogP contribution in [0.25, 0.3) is 0 Å². The van der Waals surface area contributed by atoms with E-state index in [0.29, 0.717) is 19.4 Å². The Balaban J connectivity index is 4.55. The third-order valence-corrected chi connectivity index (χ3v) is 2.40. The topological polar surface area (TPSA) is 98.7 Å². The van der Waals surface area contributed by atoms with E-state index in [-0.39, 0.29) is 12.5 Å². The molecule has 104 valence electrons. The summed E-state index contributed by atoms with van der Waals surface area (Å²) in [5.41, 5.74) is 0. The molecule has 0 aliphatic heterocycles. The number of hydrogen-bond donors (Lipinski definition) is 3. The van der Waals surface area contributed by atoms with Gasteiger partial charge in [0.15, 0.2) is 0 Å². The van der Waals surface area contributed by atoms with Crippen LogP contribution in [0.1, 0.15) is 26.7 Å². The van der Waals surface area contributed by atoms with Gasteiger partial charge in [0, 0.05) is 13.6 Å². The first-order chi connectivity index (χ1) is 8.46. The Kier molecular flexibility index (Phi) is 7.50. The van der Waals surface area contributed by atoms with E-state index in [1.807, 2.05) is 6.92 Å². The third kappa shape index (κ3) is 5.51. The Hall–Kier alpha value is -1.79. The molecule has 0 bridgehead atoms. The van der Waals surface area contributed by atoms with Crippen molar-refractivity contribution >= 4 is 17.9 Å². The summed E-state index contributed by atoms with van der Waals surface area (Å²) < 4.78 is 0. The molecule has 0 heterocycles. The van der Waals surface area contributed by atoms with Gasteiger partial charge in [0.1, 0.15) is 12.6 Å². The first-order valence-corrected chi connectivity index (χ1v) is 5.95. The number of carbonyl (C=O) groups excluding carboxylic acids is 2. The van der Waals surface area contributed by atoms with Crippen molar-refractivity contribution in [3.05, 3.63) is 0 Å². The van der Waals surface area contributed by atoms with Crippen LogP contribution in [-0.2, 0) is 9.59 Å². The van der Waals surface area contributed by atoms with E-state index in [9.17, 15) is 14.4 Å². The van der Waals surface area contributed by atoms with Crippen molar-refractivity contribution in [2.24, 2.45) is 0 Å². The van der Waals surface area contributed by atoms with Gasteiger partial charge in [0.2, 0.25) is 5.91 Å². The molecule has 0 spiro atoms. The summed E-state index contributed by atoms with van der Waals surface area (Å²) >= 11 is 0. The van der Waals surface area contributed by atoms with Crippen LogP contribution in [-0.4, -0.2) is 54.1 Å². The summed E-state index contributed by atoms with van der Waals surface area (Å²) in [6.45, 7) is 3.86. The Labute approximate surface area is 107 Å². The van der Waals surface area contributed by atoms with E-state index in [2.05, 4.69) is 10.6 Å². The lowest BCUT2D eigenvalue weighted by molar-refractivity contribution is -0.139. The number of carboxylic acid groups (broad SMARTS) is 1. The standard InChI is InChI=1S/C11H21N3O4/c1-4-6-14(7-9(15)12-3)11(18)13-8(5-2)10(16)17/h8H,4-7H2,1-3H3,(H,12,15)(H,13,18)(H,16,17)/t8-/m1/s1. The minimum atomic E-state index is -1.08. The highest BCUT2D eigenvalue weighted by atomic mass is 16.4. The number of rotatable bonds is 7. The highest BCUT2D eigenvalue weighted by Crippen LogP contribution is 1.97. The quantitative estimate of drug-likeness (QED) is 0.600. The summed E-state index contributed by atoms with van der Waals surface area (Å²) in [5.74, 6) is -1.37. The molecule has 0 radical (unpaired) electrons. The molecule has 0 fully saturated rings. The highest BCUT2D eigenvalue weighted by molar-refractivity contribution is 5.86. The molecule has 0 rings (SSSR count). The smallest absolute Gasteiger partial charge is 0.326 e. The second kappa shape index (κ2) is 8.32. The summed E-state index contributed by atoms with van der Waals surface area (Å²) in [6, 6.07) is -1.46. The zero-order valence-corrected chi connectivity index (χ0v) is 11.0. The van der Waals surface area contributed by atoms with Gasteiger partial charge in [-0.15, -0.1) is 0 Å². The molecule has 7 nitrogen and oxygen atoms in total. The predicted octanol–water partition coefficient (Wildman–Crippen LogP) is 0.0172. The molecule has 3 N–H and O–H groups in total. The predicted molar refractivity (Wildman–Crippen MR) is 66.2 cm³/mol. The van der Waals surface area contributed by atoms with E-state index in [1.54, 1.807) is 6.92 Å². The van der Waals surface area contributed by atoms with Crippen molar-refractivity contribution in [1.82, 2.24) is 15.5 Å². The van der Waals surface area contributed by atoms with E-state index in [1.165, 1.54) is 11.9 Å². The van der Waals surface area contributed by atoms with Crippen LogP contribution in [0.15, 0.2) is 0 Å². The molecule has 0 aliphatic rings. The first-order valence-electron chi connectivity index (χ1n) is 5.95. The second-order valence-corrected chi connectivity index (χ2v) is 3.84. The van der Waals surface area contributed by atoms with Crippen LogP contribution in [0.3, 0.4) is 0 Å². The van der Waals surface area contributed by atoms with Gasteiger partial charge in [-0.2, -0.15) is 0 Å². The van der Waals surface area contributed by atoms with E-state index in [0.717, 1.165) is 0 Å². The minimum Gasteiger partial charge on any atom is -0.480 e. The van der Waals surface area contributed by atoms with Crippen molar-refractivity contribution < 1.29 is 19.5 Å². The van der Waals surface area contributed by atoms with Crippen molar-refractivity contribution in [2.45, 2.75) is 32.7 Å². The van der Waals surface area contributed by atoms with Crippen molar-refractivity contribution in [2.75, 3.05) is 20.1 Å². The van der Waals surface area contributed by atoms with Crippen LogP contribution in [0.2, 0.25) is 0 Å². The molecule has 0 aromatic carbocycles. The molecule has 0 unspecified atom stereocenters. The number of nitrogens with zero attached hydrogens (tertiary/aromatic N) is 1. The Morgan fingerprint density at radius 1 is 1.28 bits per heavy atom. The summed E-state index contributed by atoms with van der Waals surface area (Å²) in [6.07, 6.45) is 0.981. The minimum absolute atomic E-state index is 0.0772. The van der Waals surface area contributed by atoms with Crippen LogP contribution in [0.5, 0.6) is 0 Å². The van der Waals surface area contributed by atoms with Gasteiger partial charge in [-0.3, -0.25) is 4.79 Å². The Morgan fingerprint density at radius 3 is 2.28 bits per heavy atom. The maximum atomic E-state index is 11.8. The highest BCUT2D eigenvalue weighted by Gasteiger charge is 2.22. The van der Waals surface area contributed by atoms with E-state index in [4.69, 9.17) is 5.11 Å². The van der Waals surface area contributed by atoms with Gasteiger partial charge >= 0.3 is 12.0 Å². The zero-order valence-electron chi connectivity index (χ0n) is 11.0. The molecule has 0 saturated carbocycles. The number of carbonyl (C=O) groups is 3. The second-order valence-electron chi connectivity index (χ2n) is 3.84. The number of carboxylic acids is 1. The number of nitrogens with one attached hydrogen (secondary N) is 2. The van der Waals surface area contributed by atoms with Crippen LogP contribution in [0, 0.1) is 0 Å². The molecule has 0 aliphatic carbocycles. The summed E-state index contributed by atoms with van der Waals surface area (Å²) in [4.78, 5) is 35.2. The molecule has 18 heavy (non-hydrogen) atoms. The van der Waals surface area contributed by atoms with Gasteiger partial charge < -0.3 is 20.6 Å². The maximum absolute atomic E-state index is 11.8. The normalized spacial score (nSPS) is 11.5. The number of aliphatic carboxylic acids is 1. The van der Waals surface area contributed by atoms with Gasteiger partial charge in [-0.05, 0) is 12.8 Å². The molecule has 7 heteroatoms. The van der Waals surface area contributed by atoms with Gasteiger partial charge in [-0.1, -0.05) is 13.8 Å². The molecule has 0 aromatic rings. The largest absolute Gasteiger partial charge is 0.480 e. The summed E-state index contributed by atoms with van der Waals surface area (Å²) in [7, 11) is 1.48. The third-order valence-electron chi connectivity index (χ3n) is 2.40. The number of urea groups is 1. The van der Waals surface area contributed by atoms with Gasteiger partial charge in [0.25, 0.3) is 0 Å². The van der Waals surface area contributed by atoms with Crippen LogP contribution >= 0.6 is 0 Å². The van der Waals surface area contributed by atoms with E-state index >= 15 is 0 Å². The van der Waals surface area contributed by atoms with Gasteiger partial charge in [-0.25, -0.2) is 9.59 Å². The Morgan fingerprint density at radius 2 is 1.89 bits per heavy atom. The molecule has 3 amide bonds. The monoisotopic (exact) mass is 259 g/mol. The fourth-order valence-electron chi connectivity index (χ4n) is 1.35. The lowest BCUT2D eigenvalue weighted by atomic mass is 10.2. The molecule has 0 saturated heterocycles. The molecular formula is C11H21N3O4. The number of hydrogen-bond acceptors (Lipinski definition) is 3. The van der Waals surface area contributed by atoms with Crippen LogP contribution in [0.4, 0.5) is 4.79 Å². The molecular weight excluding hydrogens is 238 g/mol. The molecule has 1 atom stereocenters. The van der Waals surface area contributed by atoms with Crippen LogP contribution < -0.4 is 10.6 Å². The first kappa shape index (κ1) is 16.2. The fourth-order valence-corrected chi connectivity index (χ4v) is 1.35. The SMILES string of the molecule is CCCN(CC(=O)NC)C(=O)N[C@H](CC)C(=O)O. The van der Waals surface area contributed by atoms with Crippen molar-refractivity contribution in [3.8, 4) is 0 Å². The van der Waals surface area contributed by atoms with Crippen molar-refractivity contribution in [3.63, 3.8) is 0 Å². The lowest BCUT2D eigenvalue weighted by Gasteiger charge is -2.23.